The molecule has 0 fully saturated rings. The van der Waals surface area contributed by atoms with Crippen molar-refractivity contribution in [2.75, 3.05) is 11.3 Å². The number of benzene rings is 1. The molecule has 1 heterocycles. The Morgan fingerprint density at radius 2 is 2.06 bits per heavy atom. The van der Waals surface area contributed by atoms with E-state index in [1.807, 2.05) is 30.3 Å². The van der Waals surface area contributed by atoms with Gasteiger partial charge < -0.3 is 5.84 Å². The van der Waals surface area contributed by atoms with Crippen LogP contribution in [0.5, 0.6) is 0 Å². The minimum absolute atomic E-state index is 0. The van der Waals surface area contributed by atoms with Crippen LogP contribution in [-0.4, -0.2) is 21.1 Å². The molecule has 0 unspecified atom stereocenters. The number of anilines is 1. The summed E-state index contributed by atoms with van der Waals surface area (Å²) in [4.78, 5) is 0. The molecule has 2 aromatic rings. The zero-order chi connectivity index (χ0) is 10.5. The van der Waals surface area contributed by atoms with Crippen LogP contribution in [0.4, 0.5) is 5.95 Å². The van der Waals surface area contributed by atoms with Crippen molar-refractivity contribution < 1.29 is 0 Å². The summed E-state index contributed by atoms with van der Waals surface area (Å²) in [6.45, 7) is 0. The number of nitrogens with one attached hydrogen (secondary N) is 1. The number of hydrazone groups is 1. The number of halogens is 1. The van der Waals surface area contributed by atoms with Gasteiger partial charge in [-0.1, -0.05) is 30.3 Å². The summed E-state index contributed by atoms with van der Waals surface area (Å²) < 4.78 is 1.25. The molecule has 0 aliphatic rings. The van der Waals surface area contributed by atoms with Gasteiger partial charge >= 0.3 is 0 Å². The van der Waals surface area contributed by atoms with Gasteiger partial charge in [0.1, 0.15) is 6.33 Å². The van der Waals surface area contributed by atoms with E-state index in [2.05, 4.69) is 20.7 Å². The summed E-state index contributed by atoms with van der Waals surface area (Å²) in [7, 11) is 0. The Kier molecular flexibility index (Phi) is 4.28. The Morgan fingerprint density at radius 3 is 2.69 bits per heavy atom. The maximum Gasteiger partial charge on any atom is 0.263 e. The number of nitrogens with zero attached hydrogens (tertiary/aromatic N) is 4. The van der Waals surface area contributed by atoms with E-state index in [4.69, 9.17) is 5.84 Å². The van der Waals surface area contributed by atoms with Crippen molar-refractivity contribution in [3.05, 3.63) is 42.2 Å². The molecule has 0 spiro atoms. The molecule has 2 rings (SSSR count). The van der Waals surface area contributed by atoms with E-state index in [1.54, 1.807) is 6.21 Å². The average Bonchev–Trinajstić information content (AvgIpc) is 2.66. The molecule has 0 aliphatic heterocycles. The van der Waals surface area contributed by atoms with Gasteiger partial charge in [-0.3, -0.25) is 0 Å². The summed E-state index contributed by atoms with van der Waals surface area (Å²) in [5.74, 6) is 5.87. The van der Waals surface area contributed by atoms with Gasteiger partial charge in [-0.05, 0) is 5.56 Å². The summed E-state index contributed by atoms with van der Waals surface area (Å²) in [5.41, 5.74) is 3.67. The molecule has 0 saturated carbocycles. The van der Waals surface area contributed by atoms with Crippen LogP contribution in [0.3, 0.4) is 0 Å². The quantitative estimate of drug-likeness (QED) is 0.472. The standard InChI is InChI=1S/C9H10N6.ClH/c10-15-7-12-14-9(15)13-11-6-8-4-2-1-3-5-8;/h1-7H,10H2,(H,13,14);1H. The predicted octanol–water partition coefficient (Wildman–Crippen LogP) is 0.860. The summed E-state index contributed by atoms with van der Waals surface area (Å²) in [6, 6.07) is 9.71. The smallest absolute Gasteiger partial charge is 0.263 e. The lowest BCUT2D eigenvalue weighted by Gasteiger charge is -1.97. The largest absolute Gasteiger partial charge is 0.335 e. The highest BCUT2D eigenvalue weighted by molar-refractivity contribution is 5.85. The predicted molar refractivity (Wildman–Crippen MR) is 65.1 cm³/mol. The molecule has 0 aliphatic carbocycles. The van der Waals surface area contributed by atoms with Gasteiger partial charge in [0.2, 0.25) is 0 Å². The molecule has 0 radical (unpaired) electrons. The highest BCUT2D eigenvalue weighted by Crippen LogP contribution is 1.97. The first-order chi connectivity index (χ1) is 7.36. The Labute approximate surface area is 98.6 Å². The molecule has 1 aromatic carbocycles. The van der Waals surface area contributed by atoms with Gasteiger partial charge in [-0.25, -0.2) is 10.1 Å². The van der Waals surface area contributed by atoms with Gasteiger partial charge in [-0.2, -0.15) is 5.10 Å². The van der Waals surface area contributed by atoms with Crippen molar-refractivity contribution in [3.63, 3.8) is 0 Å². The van der Waals surface area contributed by atoms with Crippen LogP contribution in [0.15, 0.2) is 41.8 Å². The highest BCUT2D eigenvalue weighted by atomic mass is 35.5. The van der Waals surface area contributed by atoms with Crippen molar-refractivity contribution in [2.45, 2.75) is 0 Å². The van der Waals surface area contributed by atoms with Crippen LogP contribution in [-0.2, 0) is 0 Å². The number of nitrogen functional groups attached to an aromatic ring is 1. The third-order valence-corrected chi connectivity index (χ3v) is 1.75. The minimum Gasteiger partial charge on any atom is -0.335 e. The lowest BCUT2D eigenvalue weighted by Crippen LogP contribution is -2.10. The zero-order valence-corrected chi connectivity index (χ0v) is 9.13. The SMILES string of the molecule is Cl.Nn1cnnc1NN=Cc1ccccc1. The Hall–Kier alpha value is -2.08. The summed E-state index contributed by atoms with van der Waals surface area (Å²) in [5, 5.41) is 11.3. The Balaban J connectivity index is 0.00000128. The van der Waals surface area contributed by atoms with E-state index in [1.165, 1.54) is 11.0 Å². The van der Waals surface area contributed by atoms with Gasteiger partial charge in [-0.15, -0.1) is 22.6 Å². The van der Waals surface area contributed by atoms with E-state index >= 15 is 0 Å². The van der Waals surface area contributed by atoms with Crippen molar-refractivity contribution in [1.29, 1.82) is 0 Å². The van der Waals surface area contributed by atoms with Crippen LogP contribution in [0.2, 0.25) is 0 Å². The highest BCUT2D eigenvalue weighted by Gasteiger charge is 1.96. The number of hydrogen-bond donors (Lipinski definition) is 2. The maximum absolute atomic E-state index is 5.48. The van der Waals surface area contributed by atoms with Gasteiger partial charge in [0, 0.05) is 0 Å². The van der Waals surface area contributed by atoms with E-state index in [9.17, 15) is 0 Å². The van der Waals surface area contributed by atoms with E-state index in [-0.39, 0.29) is 12.4 Å². The molecule has 1 aromatic heterocycles. The van der Waals surface area contributed by atoms with Crippen molar-refractivity contribution in [2.24, 2.45) is 5.10 Å². The minimum atomic E-state index is 0. The van der Waals surface area contributed by atoms with Crippen molar-refractivity contribution in [3.8, 4) is 0 Å². The fourth-order valence-corrected chi connectivity index (χ4v) is 1.03. The first-order valence-corrected chi connectivity index (χ1v) is 4.35. The third kappa shape index (κ3) is 2.96. The Morgan fingerprint density at radius 1 is 1.31 bits per heavy atom. The molecule has 6 nitrogen and oxygen atoms in total. The number of aromatic nitrogens is 3. The van der Waals surface area contributed by atoms with E-state index < -0.39 is 0 Å². The number of nitrogens with two attached hydrogens (primary N) is 1. The van der Waals surface area contributed by atoms with Crippen LogP contribution in [0, 0.1) is 0 Å². The second-order valence-corrected chi connectivity index (χ2v) is 2.84. The Bertz CT molecular complexity index is 452. The molecule has 0 amide bonds. The van der Waals surface area contributed by atoms with Crippen molar-refractivity contribution in [1.82, 2.24) is 14.9 Å². The number of rotatable bonds is 3. The van der Waals surface area contributed by atoms with Crippen molar-refractivity contribution >= 4 is 24.6 Å². The first kappa shape index (κ1) is 12.0. The summed E-state index contributed by atoms with van der Waals surface area (Å²) in [6.07, 6.45) is 3.06. The van der Waals surface area contributed by atoms with Crippen LogP contribution in [0.25, 0.3) is 0 Å². The molecule has 16 heavy (non-hydrogen) atoms. The van der Waals surface area contributed by atoms with E-state index in [0.29, 0.717) is 5.95 Å². The lowest BCUT2D eigenvalue weighted by atomic mass is 10.2. The van der Waals surface area contributed by atoms with Crippen LogP contribution >= 0.6 is 12.4 Å². The topological polar surface area (TPSA) is 81.1 Å². The van der Waals surface area contributed by atoms with Gasteiger partial charge in [0.25, 0.3) is 5.95 Å². The maximum atomic E-state index is 5.48. The molecular formula is C9H11ClN6. The third-order valence-electron chi connectivity index (χ3n) is 1.75. The number of hydrogen-bond acceptors (Lipinski definition) is 5. The zero-order valence-electron chi connectivity index (χ0n) is 8.32. The second-order valence-electron chi connectivity index (χ2n) is 2.84. The van der Waals surface area contributed by atoms with Crippen LogP contribution < -0.4 is 11.3 Å². The summed E-state index contributed by atoms with van der Waals surface area (Å²) >= 11 is 0. The van der Waals surface area contributed by atoms with Gasteiger partial charge in [0.05, 0.1) is 6.21 Å². The molecule has 0 saturated heterocycles. The molecule has 84 valence electrons. The fourth-order valence-electron chi connectivity index (χ4n) is 1.03. The fraction of sp³-hybridized carbons (Fsp3) is 0. The second kappa shape index (κ2) is 5.72. The monoisotopic (exact) mass is 238 g/mol. The van der Waals surface area contributed by atoms with E-state index in [0.717, 1.165) is 5.56 Å². The molecule has 0 bridgehead atoms. The lowest BCUT2D eigenvalue weighted by molar-refractivity contribution is 0.988. The molecule has 7 heteroatoms. The normalized spacial score (nSPS) is 10.0. The molecule has 0 atom stereocenters. The first-order valence-electron chi connectivity index (χ1n) is 4.35. The van der Waals surface area contributed by atoms with Crippen LogP contribution in [0.1, 0.15) is 5.56 Å². The molecular weight excluding hydrogens is 228 g/mol. The van der Waals surface area contributed by atoms with Gasteiger partial charge in [0.15, 0.2) is 0 Å². The molecule has 3 N–H and O–H groups in total. The average molecular weight is 239 g/mol.